The maximum Gasteiger partial charge on any atom is 0.265 e. The lowest BCUT2D eigenvalue weighted by molar-refractivity contribution is 0.103. The lowest BCUT2D eigenvalue weighted by Gasteiger charge is -2.19. The zero-order valence-electron chi connectivity index (χ0n) is 16.2. The molecule has 3 aromatic carbocycles. The monoisotopic (exact) mass is 518 g/mol. The summed E-state index contributed by atoms with van der Waals surface area (Å²) in [7, 11) is -2.41. The SMILES string of the molecule is CN(c1ccc2sc(C(=O)Nc3ccc(Br)cc3)cc2c1)S(=O)(=O)c1ccc(F)cc1. The minimum absolute atomic E-state index is 0.00335. The Balaban J connectivity index is 1.60. The summed E-state index contributed by atoms with van der Waals surface area (Å²) in [6.07, 6.45) is 0. The Labute approximate surface area is 191 Å². The predicted octanol–water partition coefficient (Wildman–Crippen LogP) is 5.88. The fourth-order valence-electron chi connectivity index (χ4n) is 2.97. The molecule has 0 aliphatic carbocycles. The van der Waals surface area contributed by atoms with Crippen molar-refractivity contribution in [2.24, 2.45) is 0 Å². The minimum atomic E-state index is -3.84. The highest BCUT2D eigenvalue weighted by atomic mass is 79.9. The Morgan fingerprint density at radius 2 is 1.68 bits per heavy atom. The maximum atomic E-state index is 13.2. The van der Waals surface area contributed by atoms with Crippen molar-refractivity contribution in [3.63, 3.8) is 0 Å². The van der Waals surface area contributed by atoms with Crippen LogP contribution in [0.1, 0.15) is 9.67 Å². The minimum Gasteiger partial charge on any atom is -0.321 e. The number of nitrogens with one attached hydrogen (secondary N) is 1. The molecule has 4 rings (SSSR count). The quantitative estimate of drug-likeness (QED) is 0.358. The first-order valence-corrected chi connectivity index (χ1v) is 12.1. The fourth-order valence-corrected chi connectivity index (χ4v) is 5.36. The summed E-state index contributed by atoms with van der Waals surface area (Å²) in [5.41, 5.74) is 1.12. The van der Waals surface area contributed by atoms with Crippen molar-refractivity contribution < 1.29 is 17.6 Å². The van der Waals surface area contributed by atoms with Gasteiger partial charge in [0, 0.05) is 21.9 Å². The predicted molar refractivity (Wildman–Crippen MR) is 126 cm³/mol. The van der Waals surface area contributed by atoms with Crippen LogP contribution in [-0.2, 0) is 10.0 Å². The second kappa shape index (κ2) is 8.41. The number of nitrogens with zero attached hydrogens (tertiary/aromatic N) is 1. The van der Waals surface area contributed by atoms with Crippen LogP contribution in [0.25, 0.3) is 10.1 Å². The fraction of sp³-hybridized carbons (Fsp3) is 0.0455. The first-order chi connectivity index (χ1) is 14.7. The Bertz CT molecular complexity index is 1370. The number of fused-ring (bicyclic) bond motifs is 1. The van der Waals surface area contributed by atoms with Gasteiger partial charge in [0.1, 0.15) is 5.82 Å². The van der Waals surface area contributed by atoms with Gasteiger partial charge in [-0.15, -0.1) is 11.3 Å². The molecule has 0 spiro atoms. The van der Waals surface area contributed by atoms with Gasteiger partial charge in [-0.25, -0.2) is 12.8 Å². The van der Waals surface area contributed by atoms with Crippen molar-refractivity contribution in [1.82, 2.24) is 0 Å². The number of sulfonamides is 1. The molecule has 4 aromatic rings. The average molecular weight is 519 g/mol. The number of hydrogen-bond donors (Lipinski definition) is 1. The van der Waals surface area contributed by atoms with Crippen molar-refractivity contribution >= 4 is 64.7 Å². The highest BCUT2D eigenvalue weighted by Gasteiger charge is 2.22. The van der Waals surface area contributed by atoms with Crippen molar-refractivity contribution in [2.45, 2.75) is 4.90 Å². The van der Waals surface area contributed by atoms with E-state index in [2.05, 4.69) is 21.2 Å². The molecule has 0 aliphatic heterocycles. The van der Waals surface area contributed by atoms with Crippen LogP contribution >= 0.6 is 27.3 Å². The van der Waals surface area contributed by atoms with E-state index < -0.39 is 15.8 Å². The van der Waals surface area contributed by atoms with Crippen molar-refractivity contribution in [1.29, 1.82) is 0 Å². The van der Waals surface area contributed by atoms with E-state index in [1.807, 2.05) is 12.1 Å². The Morgan fingerprint density at radius 1 is 1.00 bits per heavy atom. The summed E-state index contributed by atoms with van der Waals surface area (Å²) in [5.74, 6) is -0.743. The zero-order valence-corrected chi connectivity index (χ0v) is 19.4. The van der Waals surface area contributed by atoms with Crippen LogP contribution in [0.5, 0.6) is 0 Å². The largest absolute Gasteiger partial charge is 0.321 e. The van der Waals surface area contributed by atoms with E-state index in [9.17, 15) is 17.6 Å². The Morgan fingerprint density at radius 3 is 2.35 bits per heavy atom. The van der Waals surface area contributed by atoms with E-state index in [0.717, 1.165) is 31.0 Å². The van der Waals surface area contributed by atoms with Crippen molar-refractivity contribution in [3.8, 4) is 0 Å². The van der Waals surface area contributed by atoms with E-state index >= 15 is 0 Å². The molecule has 1 N–H and O–H groups in total. The molecule has 0 aliphatic rings. The third-order valence-corrected chi connectivity index (χ3v) is 8.10. The first kappa shape index (κ1) is 21.5. The Hall–Kier alpha value is -2.75. The Kier molecular flexibility index (Phi) is 5.83. The van der Waals surface area contributed by atoms with E-state index in [1.54, 1.807) is 36.4 Å². The van der Waals surface area contributed by atoms with Crippen LogP contribution in [0, 0.1) is 5.82 Å². The number of anilines is 2. The summed E-state index contributed by atoms with van der Waals surface area (Å²) < 4.78 is 41.8. The van der Waals surface area contributed by atoms with Gasteiger partial charge in [0.15, 0.2) is 0 Å². The smallest absolute Gasteiger partial charge is 0.265 e. The molecule has 0 radical (unpaired) electrons. The van der Waals surface area contributed by atoms with E-state index in [-0.39, 0.29) is 10.8 Å². The molecule has 0 atom stereocenters. The van der Waals surface area contributed by atoms with Gasteiger partial charge in [0.25, 0.3) is 15.9 Å². The van der Waals surface area contributed by atoms with Crippen LogP contribution in [0.4, 0.5) is 15.8 Å². The first-order valence-electron chi connectivity index (χ1n) is 9.09. The average Bonchev–Trinajstić information content (AvgIpc) is 3.18. The van der Waals surface area contributed by atoms with E-state index in [4.69, 9.17) is 0 Å². The van der Waals surface area contributed by atoms with Crippen molar-refractivity contribution in [2.75, 3.05) is 16.7 Å². The van der Waals surface area contributed by atoms with Gasteiger partial charge in [-0.3, -0.25) is 9.10 Å². The van der Waals surface area contributed by atoms with Gasteiger partial charge in [-0.05, 0) is 78.2 Å². The maximum absolute atomic E-state index is 13.2. The molecule has 5 nitrogen and oxygen atoms in total. The zero-order chi connectivity index (χ0) is 22.2. The molecule has 0 unspecified atom stereocenters. The van der Waals surface area contributed by atoms with Gasteiger partial charge >= 0.3 is 0 Å². The molecule has 1 heterocycles. The van der Waals surface area contributed by atoms with E-state index in [1.165, 1.54) is 30.5 Å². The highest BCUT2D eigenvalue weighted by Crippen LogP contribution is 2.31. The third-order valence-electron chi connectivity index (χ3n) is 4.66. The van der Waals surface area contributed by atoms with Gasteiger partial charge in [0.2, 0.25) is 0 Å². The third kappa shape index (κ3) is 4.48. The second-order valence-corrected chi connectivity index (χ2v) is 10.7. The van der Waals surface area contributed by atoms with Crippen LogP contribution < -0.4 is 9.62 Å². The lowest BCUT2D eigenvalue weighted by atomic mass is 10.2. The number of rotatable bonds is 5. The number of hydrogen-bond acceptors (Lipinski definition) is 4. The lowest BCUT2D eigenvalue weighted by Crippen LogP contribution is -2.26. The number of amides is 1. The molecule has 158 valence electrons. The molecule has 0 fully saturated rings. The van der Waals surface area contributed by atoms with E-state index in [0.29, 0.717) is 16.3 Å². The van der Waals surface area contributed by atoms with Gasteiger partial charge in [-0.1, -0.05) is 15.9 Å². The molecular weight excluding hydrogens is 503 g/mol. The number of benzene rings is 3. The van der Waals surface area contributed by atoms with Crippen LogP contribution in [0.2, 0.25) is 0 Å². The summed E-state index contributed by atoms with van der Waals surface area (Å²) in [6, 6.07) is 18.8. The molecule has 0 saturated carbocycles. The molecule has 31 heavy (non-hydrogen) atoms. The number of carbonyl (C=O) groups is 1. The van der Waals surface area contributed by atoms with Gasteiger partial charge in [-0.2, -0.15) is 0 Å². The number of carbonyl (C=O) groups excluding carboxylic acids is 1. The summed E-state index contributed by atoms with van der Waals surface area (Å²) >= 11 is 4.68. The molecule has 0 bridgehead atoms. The van der Waals surface area contributed by atoms with Crippen LogP contribution in [0.15, 0.2) is 82.2 Å². The second-order valence-electron chi connectivity index (χ2n) is 6.72. The van der Waals surface area contributed by atoms with Gasteiger partial charge < -0.3 is 5.32 Å². The highest BCUT2D eigenvalue weighted by molar-refractivity contribution is 9.10. The van der Waals surface area contributed by atoms with Crippen molar-refractivity contribution in [3.05, 3.63) is 88.0 Å². The summed E-state index contributed by atoms with van der Waals surface area (Å²) in [5, 5.41) is 3.60. The standard InChI is InChI=1S/C22H16BrFN2O3S2/c1-26(31(28,29)19-9-4-16(24)5-10-19)18-8-11-20-14(12-18)13-21(30-20)22(27)25-17-6-2-15(23)3-7-17/h2-13H,1H3,(H,25,27). The summed E-state index contributed by atoms with van der Waals surface area (Å²) in [6.45, 7) is 0. The number of halogens is 2. The molecular formula is C22H16BrFN2O3S2. The molecule has 9 heteroatoms. The summed E-state index contributed by atoms with van der Waals surface area (Å²) in [4.78, 5) is 13.1. The van der Waals surface area contributed by atoms with Crippen LogP contribution in [-0.4, -0.2) is 21.4 Å². The number of thiophene rings is 1. The van der Waals surface area contributed by atoms with Gasteiger partial charge in [0.05, 0.1) is 15.5 Å². The van der Waals surface area contributed by atoms with Crippen LogP contribution in [0.3, 0.4) is 0 Å². The molecule has 1 amide bonds. The molecule has 1 aromatic heterocycles. The topological polar surface area (TPSA) is 66.5 Å². The normalized spacial score (nSPS) is 11.5. The molecule has 0 saturated heterocycles.